The number of anilines is 1. The molecule has 1 amide bonds. The molecular weight excluding hydrogens is 573 g/mol. The van der Waals surface area contributed by atoms with Crippen LogP contribution in [0.4, 0.5) is 19.0 Å². The number of aromatic nitrogens is 3. The van der Waals surface area contributed by atoms with Crippen molar-refractivity contribution < 1.29 is 27.8 Å². The standard InChI is InChI=1S/C32H29F3N6O3/c1-2-21-24(34)5-4-18-12-20(42)13-22(26(18)21)28-27(35)29-23(15-37-28)30(40-10-6-25(43)36-8-11-40)39-31(38-29)44-17-32-7-3-9-41(32)16-19(33)14-32/h1,4-5,12-13,15,19,42H,3,6-11,14,16-17H2,(H,36,43)/t19-,32+/m1/s1. The van der Waals surface area contributed by atoms with Gasteiger partial charge in [0.2, 0.25) is 5.91 Å². The number of nitrogens with one attached hydrogen (secondary N) is 1. The number of fused-ring (bicyclic) bond motifs is 3. The van der Waals surface area contributed by atoms with Crippen molar-refractivity contribution in [3.63, 3.8) is 0 Å². The third-order valence-electron chi connectivity index (χ3n) is 8.94. The van der Waals surface area contributed by atoms with E-state index >= 15 is 4.39 Å². The third-order valence-corrected chi connectivity index (χ3v) is 8.94. The second-order valence-electron chi connectivity index (χ2n) is 11.6. The average molecular weight is 603 g/mol. The summed E-state index contributed by atoms with van der Waals surface area (Å²) >= 11 is 0. The number of hydrogen-bond acceptors (Lipinski definition) is 8. The van der Waals surface area contributed by atoms with Gasteiger partial charge in [-0.1, -0.05) is 12.0 Å². The number of ether oxygens (including phenoxy) is 1. The molecule has 0 unspecified atom stereocenters. The van der Waals surface area contributed by atoms with Crippen LogP contribution in [0.3, 0.4) is 0 Å². The van der Waals surface area contributed by atoms with Crippen LogP contribution in [-0.4, -0.2) is 81.9 Å². The lowest BCUT2D eigenvalue weighted by atomic mass is 9.95. The molecule has 0 bridgehead atoms. The fraction of sp³-hybridized carbons (Fsp3) is 0.375. The van der Waals surface area contributed by atoms with E-state index in [-0.39, 0.29) is 63.8 Å². The van der Waals surface area contributed by atoms with E-state index in [1.165, 1.54) is 30.5 Å². The fourth-order valence-electron chi connectivity index (χ4n) is 6.89. The number of alkyl halides is 1. The van der Waals surface area contributed by atoms with Gasteiger partial charge in [0.1, 0.15) is 41.4 Å². The Morgan fingerprint density at radius 2 is 2.07 bits per heavy atom. The Balaban J connectivity index is 1.38. The van der Waals surface area contributed by atoms with Gasteiger partial charge in [-0.3, -0.25) is 14.7 Å². The molecule has 3 saturated heterocycles. The van der Waals surface area contributed by atoms with Gasteiger partial charge < -0.3 is 20.1 Å². The number of phenols is 1. The molecule has 3 aliphatic rings. The SMILES string of the molecule is C#Cc1c(F)ccc2cc(O)cc(-c3ncc4c(N5CCNC(=O)CC5)nc(OC[C@@]56CCCN5C[C@H](F)C6)nc4c3F)c12. The molecule has 0 spiro atoms. The summed E-state index contributed by atoms with van der Waals surface area (Å²) in [5.74, 6) is 0.878. The minimum absolute atomic E-state index is 0.0870. The Kier molecular flexibility index (Phi) is 6.93. The summed E-state index contributed by atoms with van der Waals surface area (Å²) in [6.45, 7) is 2.36. The first-order chi connectivity index (χ1) is 21.3. The predicted molar refractivity (Wildman–Crippen MR) is 158 cm³/mol. The molecule has 9 nitrogen and oxygen atoms in total. The number of hydrogen-bond donors (Lipinski definition) is 2. The summed E-state index contributed by atoms with van der Waals surface area (Å²) in [5, 5.41) is 14.2. The molecule has 7 rings (SSSR count). The number of carbonyl (C=O) groups is 1. The monoisotopic (exact) mass is 602 g/mol. The number of nitrogens with zero attached hydrogens (tertiary/aromatic N) is 5. The Morgan fingerprint density at radius 3 is 2.91 bits per heavy atom. The maximum atomic E-state index is 16.6. The van der Waals surface area contributed by atoms with E-state index in [9.17, 15) is 18.7 Å². The van der Waals surface area contributed by atoms with Gasteiger partial charge in [0.05, 0.1) is 16.5 Å². The largest absolute Gasteiger partial charge is 0.508 e. The lowest BCUT2D eigenvalue weighted by Gasteiger charge is -2.31. The van der Waals surface area contributed by atoms with E-state index in [0.717, 1.165) is 19.4 Å². The van der Waals surface area contributed by atoms with Crippen LogP contribution in [0.5, 0.6) is 11.8 Å². The number of phenolic OH excluding ortho intramolecular Hbond substituents is 1. The van der Waals surface area contributed by atoms with Gasteiger partial charge in [-0.15, -0.1) is 6.42 Å². The van der Waals surface area contributed by atoms with E-state index in [2.05, 4.69) is 31.1 Å². The van der Waals surface area contributed by atoms with Crippen molar-refractivity contribution >= 4 is 33.4 Å². The minimum Gasteiger partial charge on any atom is -0.508 e. The summed E-state index contributed by atoms with van der Waals surface area (Å²) in [7, 11) is 0. The highest BCUT2D eigenvalue weighted by Gasteiger charge is 2.49. The Bertz CT molecular complexity index is 1860. The maximum Gasteiger partial charge on any atom is 0.319 e. The molecule has 0 saturated carbocycles. The molecule has 44 heavy (non-hydrogen) atoms. The molecule has 4 aromatic rings. The van der Waals surface area contributed by atoms with E-state index in [4.69, 9.17) is 11.2 Å². The predicted octanol–water partition coefficient (Wildman–Crippen LogP) is 4.09. The number of benzene rings is 2. The first-order valence-corrected chi connectivity index (χ1v) is 14.6. The number of rotatable bonds is 5. The highest BCUT2D eigenvalue weighted by atomic mass is 19.1. The normalized spacial score (nSPS) is 22.2. The van der Waals surface area contributed by atoms with Crippen molar-refractivity contribution in [2.45, 2.75) is 37.4 Å². The maximum absolute atomic E-state index is 16.6. The van der Waals surface area contributed by atoms with Gasteiger partial charge in [0, 0.05) is 56.2 Å². The lowest BCUT2D eigenvalue weighted by Crippen LogP contribution is -2.43. The van der Waals surface area contributed by atoms with Crippen molar-refractivity contribution in [1.29, 1.82) is 0 Å². The smallest absolute Gasteiger partial charge is 0.319 e. The van der Waals surface area contributed by atoms with Gasteiger partial charge in [-0.2, -0.15) is 9.97 Å². The Labute approximate surface area is 251 Å². The van der Waals surface area contributed by atoms with Crippen LogP contribution in [0.1, 0.15) is 31.2 Å². The summed E-state index contributed by atoms with van der Waals surface area (Å²) in [4.78, 5) is 29.5. The van der Waals surface area contributed by atoms with E-state index in [1.807, 2.05) is 4.90 Å². The summed E-state index contributed by atoms with van der Waals surface area (Å²) in [6.07, 6.45) is 8.36. The van der Waals surface area contributed by atoms with Gasteiger partial charge in [-0.25, -0.2) is 13.2 Å². The van der Waals surface area contributed by atoms with Crippen LogP contribution in [-0.2, 0) is 4.79 Å². The number of halogens is 3. The van der Waals surface area contributed by atoms with Crippen LogP contribution in [0.25, 0.3) is 32.9 Å². The number of carbonyl (C=O) groups excluding carboxylic acids is 1. The second-order valence-corrected chi connectivity index (χ2v) is 11.6. The van der Waals surface area contributed by atoms with Crippen molar-refractivity contribution in [2.75, 3.05) is 44.2 Å². The van der Waals surface area contributed by atoms with Crippen molar-refractivity contribution in [3.8, 4) is 35.4 Å². The van der Waals surface area contributed by atoms with E-state index in [1.54, 1.807) is 0 Å². The molecule has 12 heteroatoms. The first kappa shape index (κ1) is 28.2. The summed E-state index contributed by atoms with van der Waals surface area (Å²) in [5.41, 5.74) is -0.769. The minimum atomic E-state index is -0.949. The zero-order valence-corrected chi connectivity index (χ0v) is 23.7. The van der Waals surface area contributed by atoms with Crippen molar-refractivity contribution in [2.24, 2.45) is 0 Å². The van der Waals surface area contributed by atoms with E-state index < -0.39 is 23.3 Å². The average Bonchev–Trinajstić information content (AvgIpc) is 3.44. The highest BCUT2D eigenvalue weighted by molar-refractivity contribution is 6.03. The molecule has 226 valence electrons. The molecule has 2 N–H and O–H groups in total. The molecular formula is C32H29F3N6O3. The van der Waals surface area contributed by atoms with Crippen LogP contribution in [0, 0.1) is 24.0 Å². The topological polar surface area (TPSA) is 104 Å². The van der Waals surface area contributed by atoms with Gasteiger partial charge in [-0.05, 0) is 43.0 Å². The van der Waals surface area contributed by atoms with Crippen LogP contribution >= 0.6 is 0 Å². The van der Waals surface area contributed by atoms with Crippen molar-refractivity contribution in [1.82, 2.24) is 25.2 Å². The second kappa shape index (κ2) is 10.8. The molecule has 3 aliphatic heterocycles. The molecule has 0 radical (unpaired) electrons. The third kappa shape index (κ3) is 4.72. The van der Waals surface area contributed by atoms with Gasteiger partial charge >= 0.3 is 6.01 Å². The molecule has 2 aromatic carbocycles. The number of terminal acetylenes is 1. The summed E-state index contributed by atoms with van der Waals surface area (Å²) < 4.78 is 51.9. The lowest BCUT2D eigenvalue weighted by molar-refractivity contribution is -0.120. The first-order valence-electron chi connectivity index (χ1n) is 14.6. The molecule has 2 atom stereocenters. The zero-order valence-electron chi connectivity index (χ0n) is 23.7. The molecule has 0 aliphatic carbocycles. The Hall–Kier alpha value is -4.63. The van der Waals surface area contributed by atoms with Crippen LogP contribution < -0.4 is 15.0 Å². The van der Waals surface area contributed by atoms with Gasteiger partial charge in [0.15, 0.2) is 5.82 Å². The number of aromatic hydroxyl groups is 1. The Morgan fingerprint density at radius 1 is 1.20 bits per heavy atom. The quantitative estimate of drug-likeness (QED) is 0.330. The van der Waals surface area contributed by atoms with E-state index in [0.29, 0.717) is 43.8 Å². The number of pyridine rings is 1. The van der Waals surface area contributed by atoms with Crippen molar-refractivity contribution in [3.05, 3.63) is 47.7 Å². The molecule has 2 aromatic heterocycles. The number of amides is 1. The summed E-state index contributed by atoms with van der Waals surface area (Å²) in [6, 6.07) is 5.25. The van der Waals surface area contributed by atoms with Crippen LogP contribution in [0.15, 0.2) is 30.5 Å². The highest BCUT2D eigenvalue weighted by Crippen LogP contribution is 2.41. The van der Waals surface area contributed by atoms with Gasteiger partial charge in [0.25, 0.3) is 0 Å². The molecule has 5 heterocycles. The molecule has 3 fully saturated rings. The zero-order chi connectivity index (χ0) is 30.6. The fourth-order valence-corrected chi connectivity index (χ4v) is 6.89. The van der Waals surface area contributed by atoms with Crippen LogP contribution in [0.2, 0.25) is 0 Å².